The fourth-order valence-electron chi connectivity index (χ4n) is 3.59. The van der Waals surface area contributed by atoms with E-state index in [9.17, 15) is 9.90 Å². The molecule has 2 amide bonds. The van der Waals surface area contributed by atoms with Crippen molar-refractivity contribution in [3.8, 4) is 11.3 Å². The Hall–Kier alpha value is -2.71. The number of carbonyl (C=O) groups is 1. The lowest BCUT2D eigenvalue weighted by Crippen LogP contribution is -2.24. The van der Waals surface area contributed by atoms with Crippen molar-refractivity contribution in [2.24, 2.45) is 0 Å². The third-order valence-corrected chi connectivity index (χ3v) is 5.25. The molecule has 4 rings (SSSR count). The highest BCUT2D eigenvalue weighted by molar-refractivity contribution is 6.28. The van der Waals surface area contributed by atoms with Crippen molar-refractivity contribution >= 4 is 34.4 Å². The van der Waals surface area contributed by atoms with Crippen LogP contribution in [0.5, 0.6) is 0 Å². The van der Waals surface area contributed by atoms with Gasteiger partial charge >= 0.3 is 6.03 Å². The molecule has 0 saturated heterocycles. The van der Waals surface area contributed by atoms with Crippen molar-refractivity contribution in [1.29, 1.82) is 0 Å². The van der Waals surface area contributed by atoms with Crippen LogP contribution in [0.2, 0.25) is 5.28 Å². The number of hydrogen-bond acceptors (Lipinski definition) is 5. The molecule has 0 radical (unpaired) electrons. The summed E-state index contributed by atoms with van der Waals surface area (Å²) in [5.41, 5.74) is 2.93. The van der Waals surface area contributed by atoms with Crippen LogP contribution in [0.15, 0.2) is 30.5 Å². The number of halogens is 1. The van der Waals surface area contributed by atoms with Gasteiger partial charge in [0.05, 0.1) is 29.4 Å². The summed E-state index contributed by atoms with van der Waals surface area (Å²) in [4.78, 5) is 20.3. The van der Waals surface area contributed by atoms with Crippen molar-refractivity contribution in [2.75, 3.05) is 12.4 Å². The number of aromatic nitrogens is 4. The summed E-state index contributed by atoms with van der Waals surface area (Å²) in [7, 11) is 1.56. The van der Waals surface area contributed by atoms with Gasteiger partial charge in [0.1, 0.15) is 0 Å². The van der Waals surface area contributed by atoms with E-state index in [1.165, 1.54) is 0 Å². The van der Waals surface area contributed by atoms with E-state index >= 15 is 0 Å². The van der Waals surface area contributed by atoms with Gasteiger partial charge in [-0.3, -0.25) is 0 Å². The number of anilines is 1. The quantitative estimate of drug-likeness (QED) is 0.584. The van der Waals surface area contributed by atoms with E-state index in [2.05, 4.69) is 25.7 Å². The maximum Gasteiger partial charge on any atom is 0.318 e. The highest BCUT2D eigenvalue weighted by Crippen LogP contribution is 2.33. The molecule has 9 heteroatoms. The maximum absolute atomic E-state index is 11.4. The molecule has 0 atom stereocenters. The highest BCUT2D eigenvalue weighted by Gasteiger charge is 2.24. The lowest BCUT2D eigenvalue weighted by Gasteiger charge is -2.25. The molecule has 0 bridgehead atoms. The van der Waals surface area contributed by atoms with Crippen LogP contribution in [0.1, 0.15) is 31.7 Å². The van der Waals surface area contributed by atoms with Gasteiger partial charge in [-0.2, -0.15) is 10.1 Å². The van der Waals surface area contributed by atoms with Gasteiger partial charge in [-0.15, -0.1) is 0 Å². The molecule has 2 aromatic heterocycles. The second kappa shape index (κ2) is 7.73. The first-order chi connectivity index (χ1) is 13.5. The monoisotopic (exact) mass is 400 g/mol. The van der Waals surface area contributed by atoms with E-state index in [1.54, 1.807) is 25.4 Å². The number of nitrogens with zero attached hydrogens (tertiary/aromatic N) is 4. The molecule has 0 unspecified atom stereocenters. The Balaban J connectivity index is 1.69. The van der Waals surface area contributed by atoms with Crippen molar-refractivity contribution in [3.63, 3.8) is 0 Å². The van der Waals surface area contributed by atoms with Crippen LogP contribution in [0, 0.1) is 0 Å². The van der Waals surface area contributed by atoms with Gasteiger partial charge in [-0.05, 0) is 49.4 Å². The summed E-state index contributed by atoms with van der Waals surface area (Å²) < 4.78 is 1.90. The predicted octanol–water partition coefficient (Wildman–Crippen LogP) is 3.37. The van der Waals surface area contributed by atoms with Crippen LogP contribution >= 0.6 is 11.6 Å². The smallest absolute Gasteiger partial charge is 0.318 e. The summed E-state index contributed by atoms with van der Waals surface area (Å²) in [6, 6.07) is 7.27. The molecular formula is C19H21ClN6O2. The summed E-state index contributed by atoms with van der Waals surface area (Å²) in [6.45, 7) is 0. The zero-order chi connectivity index (χ0) is 19.7. The lowest BCUT2D eigenvalue weighted by atomic mass is 9.93. The molecular weight excluding hydrogens is 380 g/mol. The normalized spacial score (nSPS) is 19.5. The number of amides is 2. The van der Waals surface area contributed by atoms with Crippen LogP contribution in [-0.4, -0.2) is 44.0 Å². The number of nitrogens with one attached hydrogen (secondary N) is 2. The Morgan fingerprint density at radius 2 is 1.89 bits per heavy atom. The number of rotatable bonds is 3. The minimum Gasteiger partial charge on any atom is -0.393 e. The average Bonchev–Trinajstić information content (AvgIpc) is 3.12. The summed E-state index contributed by atoms with van der Waals surface area (Å²) >= 11 is 6.22. The summed E-state index contributed by atoms with van der Waals surface area (Å²) in [5, 5.41) is 20.5. The molecule has 0 aliphatic heterocycles. The Labute approximate surface area is 166 Å². The van der Waals surface area contributed by atoms with Gasteiger partial charge in [-0.1, -0.05) is 12.1 Å². The van der Waals surface area contributed by atoms with Gasteiger partial charge in [0.2, 0.25) is 5.28 Å². The minimum atomic E-state index is -0.279. The second-order valence-electron chi connectivity index (χ2n) is 6.91. The van der Waals surface area contributed by atoms with Crippen molar-refractivity contribution in [2.45, 2.75) is 37.8 Å². The Morgan fingerprint density at radius 1 is 1.18 bits per heavy atom. The van der Waals surface area contributed by atoms with E-state index in [-0.39, 0.29) is 23.5 Å². The molecule has 1 aliphatic rings. The molecule has 1 aliphatic carbocycles. The van der Waals surface area contributed by atoms with Crippen LogP contribution in [0.4, 0.5) is 10.5 Å². The van der Waals surface area contributed by atoms with E-state index < -0.39 is 0 Å². The number of urea groups is 1. The highest BCUT2D eigenvalue weighted by atomic mass is 35.5. The number of benzene rings is 1. The molecule has 8 nitrogen and oxygen atoms in total. The first-order valence-electron chi connectivity index (χ1n) is 9.23. The Kier molecular flexibility index (Phi) is 5.15. The summed E-state index contributed by atoms with van der Waals surface area (Å²) in [6.07, 6.45) is 4.77. The molecule has 3 aromatic rings. The molecule has 146 valence electrons. The number of aliphatic hydroxyl groups is 1. The van der Waals surface area contributed by atoms with Crippen LogP contribution in [0.25, 0.3) is 22.3 Å². The largest absolute Gasteiger partial charge is 0.393 e. The third kappa shape index (κ3) is 3.65. The molecule has 0 spiro atoms. The number of fused-ring (bicyclic) bond motifs is 1. The SMILES string of the molecule is CNC(=O)Nc1ccc(-c2nc(Cl)nc3c2cnn3C2CCC(O)CC2)cc1. The van der Waals surface area contributed by atoms with E-state index in [4.69, 9.17) is 11.6 Å². The third-order valence-electron chi connectivity index (χ3n) is 5.08. The van der Waals surface area contributed by atoms with E-state index in [0.29, 0.717) is 17.0 Å². The molecule has 2 heterocycles. The number of aliphatic hydroxyl groups excluding tert-OH is 1. The van der Waals surface area contributed by atoms with Crippen LogP contribution in [0.3, 0.4) is 0 Å². The van der Waals surface area contributed by atoms with Crippen molar-refractivity contribution in [1.82, 2.24) is 25.1 Å². The van der Waals surface area contributed by atoms with Gasteiger partial charge in [0.15, 0.2) is 5.65 Å². The van der Waals surface area contributed by atoms with Gasteiger partial charge in [0, 0.05) is 18.3 Å². The lowest BCUT2D eigenvalue weighted by molar-refractivity contribution is 0.109. The van der Waals surface area contributed by atoms with Crippen molar-refractivity contribution in [3.05, 3.63) is 35.7 Å². The van der Waals surface area contributed by atoms with Gasteiger partial charge in [-0.25, -0.2) is 14.5 Å². The fourth-order valence-corrected chi connectivity index (χ4v) is 3.76. The zero-order valence-corrected chi connectivity index (χ0v) is 16.1. The first-order valence-corrected chi connectivity index (χ1v) is 9.61. The van der Waals surface area contributed by atoms with Crippen LogP contribution in [-0.2, 0) is 0 Å². The van der Waals surface area contributed by atoms with Gasteiger partial charge < -0.3 is 15.7 Å². The predicted molar refractivity (Wildman–Crippen MR) is 107 cm³/mol. The molecule has 1 fully saturated rings. The minimum absolute atomic E-state index is 0.160. The Morgan fingerprint density at radius 3 is 2.57 bits per heavy atom. The average molecular weight is 401 g/mol. The van der Waals surface area contributed by atoms with Gasteiger partial charge in [0.25, 0.3) is 0 Å². The zero-order valence-electron chi connectivity index (χ0n) is 15.4. The number of carbonyl (C=O) groups excluding carboxylic acids is 1. The van der Waals surface area contributed by atoms with E-state index in [0.717, 1.165) is 36.6 Å². The molecule has 1 saturated carbocycles. The topological polar surface area (TPSA) is 105 Å². The van der Waals surface area contributed by atoms with E-state index in [1.807, 2.05) is 16.8 Å². The molecule has 3 N–H and O–H groups in total. The number of hydrogen-bond donors (Lipinski definition) is 3. The maximum atomic E-state index is 11.4. The molecule has 1 aromatic carbocycles. The molecule has 28 heavy (non-hydrogen) atoms. The summed E-state index contributed by atoms with van der Waals surface area (Å²) in [5.74, 6) is 0. The van der Waals surface area contributed by atoms with Crippen molar-refractivity contribution < 1.29 is 9.90 Å². The fraction of sp³-hybridized carbons (Fsp3) is 0.368. The van der Waals surface area contributed by atoms with Crippen LogP contribution < -0.4 is 10.6 Å². The second-order valence-corrected chi connectivity index (χ2v) is 7.25. The standard InChI is InChI=1S/C19H21ClN6O2/c1-21-19(28)23-12-4-2-11(3-5-12)16-15-10-22-26(17(15)25-18(20)24-16)13-6-8-14(27)9-7-13/h2-5,10,13-14,27H,6-9H2,1H3,(H2,21,23,28). The first kappa shape index (κ1) is 18.6. The Bertz CT molecular complexity index is 996.